The first-order valence-corrected chi connectivity index (χ1v) is 8.57. The minimum absolute atomic E-state index is 0.00460. The minimum Gasteiger partial charge on any atom is -0.495 e. The molecular formula is C17H24ClN3O3. The normalized spacial score (nSPS) is 16.7. The van der Waals surface area contributed by atoms with Crippen molar-refractivity contribution in [3.05, 3.63) is 23.2 Å². The zero-order chi connectivity index (χ0) is 17.4. The molecule has 1 aromatic rings. The Balaban J connectivity index is 1.67. The molecule has 0 aliphatic carbocycles. The fourth-order valence-electron chi connectivity index (χ4n) is 2.69. The predicted molar refractivity (Wildman–Crippen MR) is 94.5 cm³/mol. The number of carbonyl (C=O) groups excluding carboxylic acids is 2. The van der Waals surface area contributed by atoms with Gasteiger partial charge in [-0.3, -0.25) is 9.59 Å². The highest BCUT2D eigenvalue weighted by Crippen LogP contribution is 2.27. The molecule has 0 spiro atoms. The van der Waals surface area contributed by atoms with Crippen LogP contribution in [0.15, 0.2) is 18.2 Å². The van der Waals surface area contributed by atoms with Gasteiger partial charge >= 0.3 is 0 Å². The quantitative estimate of drug-likeness (QED) is 0.669. The van der Waals surface area contributed by atoms with Crippen molar-refractivity contribution >= 4 is 29.1 Å². The number of hydrogen-bond donors (Lipinski definition) is 3. The van der Waals surface area contributed by atoms with E-state index in [-0.39, 0.29) is 18.2 Å². The number of anilines is 1. The van der Waals surface area contributed by atoms with Crippen molar-refractivity contribution in [1.82, 2.24) is 10.6 Å². The van der Waals surface area contributed by atoms with Crippen LogP contribution in [-0.2, 0) is 9.59 Å². The number of amides is 2. The number of methoxy groups -OCH3 is 1. The van der Waals surface area contributed by atoms with Crippen LogP contribution in [0.4, 0.5) is 5.69 Å². The smallest absolute Gasteiger partial charge is 0.226 e. The first kappa shape index (κ1) is 18.5. The summed E-state index contributed by atoms with van der Waals surface area (Å²) in [7, 11) is 1.53. The van der Waals surface area contributed by atoms with Crippen LogP contribution >= 0.6 is 11.6 Å². The largest absolute Gasteiger partial charge is 0.495 e. The maximum atomic E-state index is 12.0. The number of hydrogen-bond acceptors (Lipinski definition) is 4. The van der Waals surface area contributed by atoms with Crippen LogP contribution in [0.5, 0.6) is 5.75 Å². The third-order valence-electron chi connectivity index (χ3n) is 4.05. The summed E-state index contributed by atoms with van der Waals surface area (Å²) in [6, 6.07) is 5.01. The van der Waals surface area contributed by atoms with E-state index >= 15 is 0 Å². The number of carbonyl (C=O) groups is 2. The summed E-state index contributed by atoms with van der Waals surface area (Å²) in [4.78, 5) is 23.8. The second kappa shape index (κ2) is 9.49. The second-order valence-electron chi connectivity index (χ2n) is 5.89. The molecule has 2 rings (SSSR count). The molecule has 3 N–H and O–H groups in total. The highest BCUT2D eigenvalue weighted by molar-refractivity contribution is 6.31. The molecular weight excluding hydrogens is 330 g/mol. The molecule has 0 aromatic heterocycles. The van der Waals surface area contributed by atoms with Crippen LogP contribution in [0.3, 0.4) is 0 Å². The number of rotatable bonds is 8. The molecule has 0 bridgehead atoms. The molecule has 1 aliphatic heterocycles. The van der Waals surface area contributed by atoms with Crippen LogP contribution < -0.4 is 20.7 Å². The lowest BCUT2D eigenvalue weighted by Crippen LogP contribution is -2.28. The lowest BCUT2D eigenvalue weighted by atomic mass is 10.0. The molecule has 0 radical (unpaired) electrons. The van der Waals surface area contributed by atoms with Crippen molar-refractivity contribution in [2.24, 2.45) is 5.92 Å². The monoisotopic (exact) mass is 353 g/mol. The van der Waals surface area contributed by atoms with E-state index in [0.29, 0.717) is 35.3 Å². The molecule has 1 aliphatic rings. The topological polar surface area (TPSA) is 79.5 Å². The molecule has 1 atom stereocenters. The summed E-state index contributed by atoms with van der Waals surface area (Å²) in [6.45, 7) is 2.35. The van der Waals surface area contributed by atoms with Crippen LogP contribution in [-0.4, -0.2) is 38.6 Å². The molecule has 1 saturated heterocycles. The van der Waals surface area contributed by atoms with Gasteiger partial charge in [-0.05, 0) is 50.0 Å². The fraction of sp³-hybridized carbons (Fsp3) is 0.529. The third-order valence-corrected chi connectivity index (χ3v) is 4.29. The zero-order valence-corrected chi connectivity index (χ0v) is 14.6. The van der Waals surface area contributed by atoms with E-state index in [4.69, 9.17) is 16.3 Å². The van der Waals surface area contributed by atoms with Gasteiger partial charge in [0.25, 0.3) is 0 Å². The molecule has 1 fully saturated rings. The van der Waals surface area contributed by atoms with Gasteiger partial charge < -0.3 is 20.7 Å². The summed E-state index contributed by atoms with van der Waals surface area (Å²) >= 11 is 5.92. The predicted octanol–water partition coefficient (Wildman–Crippen LogP) is 2.18. The molecule has 24 heavy (non-hydrogen) atoms. The molecule has 6 nitrogen and oxygen atoms in total. The number of benzene rings is 1. The lowest BCUT2D eigenvalue weighted by molar-refractivity contribution is -0.121. The lowest BCUT2D eigenvalue weighted by Gasteiger charge is -2.11. The van der Waals surface area contributed by atoms with E-state index in [0.717, 1.165) is 25.9 Å². The summed E-state index contributed by atoms with van der Waals surface area (Å²) in [5.74, 6) is 0.933. The minimum atomic E-state index is -0.198. The van der Waals surface area contributed by atoms with Gasteiger partial charge in [-0.1, -0.05) is 11.6 Å². The van der Waals surface area contributed by atoms with Gasteiger partial charge in [0.2, 0.25) is 11.8 Å². The summed E-state index contributed by atoms with van der Waals surface area (Å²) in [5, 5.41) is 9.33. The van der Waals surface area contributed by atoms with Gasteiger partial charge in [-0.2, -0.15) is 0 Å². The van der Waals surface area contributed by atoms with Gasteiger partial charge in [-0.25, -0.2) is 0 Å². The Bertz CT molecular complexity index is 574. The summed E-state index contributed by atoms with van der Waals surface area (Å²) in [5.41, 5.74) is 0.523. The van der Waals surface area contributed by atoms with Gasteiger partial charge in [0, 0.05) is 24.4 Å². The molecule has 1 aromatic carbocycles. The SMILES string of the molecule is COc1ccc(Cl)cc1NC(=O)CCNC(=O)CCC1CCNC1. The molecule has 1 unspecified atom stereocenters. The van der Waals surface area contributed by atoms with Gasteiger partial charge in [0.1, 0.15) is 5.75 Å². The first-order valence-electron chi connectivity index (χ1n) is 8.19. The maximum Gasteiger partial charge on any atom is 0.226 e. The maximum absolute atomic E-state index is 12.0. The molecule has 7 heteroatoms. The van der Waals surface area contributed by atoms with Crippen molar-refractivity contribution < 1.29 is 14.3 Å². The Labute approximate surface area is 147 Å². The average Bonchev–Trinajstić information content (AvgIpc) is 3.06. The van der Waals surface area contributed by atoms with Crippen molar-refractivity contribution in [1.29, 1.82) is 0 Å². The Morgan fingerprint density at radius 1 is 1.33 bits per heavy atom. The van der Waals surface area contributed by atoms with Crippen molar-refractivity contribution in [3.63, 3.8) is 0 Å². The van der Waals surface area contributed by atoms with Crippen molar-refractivity contribution in [3.8, 4) is 5.75 Å². The Morgan fingerprint density at radius 3 is 2.88 bits per heavy atom. The molecule has 132 valence electrons. The number of ether oxygens (including phenoxy) is 1. The van der Waals surface area contributed by atoms with Gasteiger partial charge in [0.15, 0.2) is 0 Å². The van der Waals surface area contributed by atoms with E-state index in [1.165, 1.54) is 7.11 Å². The Kier molecular flexibility index (Phi) is 7.34. The number of nitrogens with one attached hydrogen (secondary N) is 3. The summed E-state index contributed by atoms with van der Waals surface area (Å²) < 4.78 is 5.18. The average molecular weight is 354 g/mol. The van der Waals surface area contributed by atoms with E-state index in [2.05, 4.69) is 16.0 Å². The fourth-order valence-corrected chi connectivity index (χ4v) is 2.86. The molecule has 2 amide bonds. The highest BCUT2D eigenvalue weighted by Gasteiger charge is 2.15. The molecule has 0 saturated carbocycles. The second-order valence-corrected chi connectivity index (χ2v) is 6.33. The molecule has 1 heterocycles. The van der Waals surface area contributed by atoms with Crippen LogP contribution in [0.25, 0.3) is 0 Å². The van der Waals surface area contributed by atoms with E-state index in [1.54, 1.807) is 18.2 Å². The third kappa shape index (κ3) is 6.02. The first-order chi connectivity index (χ1) is 11.6. The van der Waals surface area contributed by atoms with Crippen LogP contribution in [0.1, 0.15) is 25.7 Å². The zero-order valence-electron chi connectivity index (χ0n) is 13.9. The Morgan fingerprint density at radius 2 is 2.17 bits per heavy atom. The van der Waals surface area contributed by atoms with E-state index < -0.39 is 0 Å². The standard InChI is InChI=1S/C17H24ClN3O3/c1-24-15-4-3-13(18)10-14(15)21-17(23)7-9-20-16(22)5-2-12-6-8-19-11-12/h3-4,10,12,19H,2,5-9,11H2,1H3,(H,20,22)(H,21,23). The van der Waals surface area contributed by atoms with E-state index in [9.17, 15) is 9.59 Å². The van der Waals surface area contributed by atoms with E-state index in [1.807, 2.05) is 0 Å². The van der Waals surface area contributed by atoms with Gasteiger partial charge in [-0.15, -0.1) is 0 Å². The van der Waals surface area contributed by atoms with Crippen molar-refractivity contribution in [2.45, 2.75) is 25.7 Å². The van der Waals surface area contributed by atoms with Crippen molar-refractivity contribution in [2.75, 3.05) is 32.1 Å². The number of halogens is 1. The highest BCUT2D eigenvalue weighted by atomic mass is 35.5. The Hall–Kier alpha value is -1.79. The summed E-state index contributed by atoms with van der Waals surface area (Å²) in [6.07, 6.45) is 2.74. The van der Waals surface area contributed by atoms with Crippen LogP contribution in [0, 0.1) is 5.92 Å². The van der Waals surface area contributed by atoms with Crippen LogP contribution in [0.2, 0.25) is 5.02 Å². The van der Waals surface area contributed by atoms with Gasteiger partial charge in [0.05, 0.1) is 12.8 Å².